The number of hydrogen-bond acceptors (Lipinski definition) is 0. The predicted octanol–water partition coefficient (Wildman–Crippen LogP) is 15.9. The Morgan fingerprint density at radius 3 is 1.06 bits per heavy atom. The van der Waals surface area contributed by atoms with Crippen molar-refractivity contribution in [1.82, 2.24) is 0 Å². The molecule has 3 aromatic rings. The van der Waals surface area contributed by atoms with Gasteiger partial charge in [-0.1, -0.05) is 148 Å². The van der Waals surface area contributed by atoms with Crippen molar-refractivity contribution in [2.24, 2.45) is 23.7 Å². The van der Waals surface area contributed by atoms with Crippen LogP contribution < -0.4 is 0 Å². The SMILES string of the molecule is CC1=CCC(C)CC1.CC1=CCC(C)CC1.CC1CCC(C)CC1.Cc1ccc(C)c(C)c1.Cc1ccc(C)c(F)c1.Cc1ccc(C)cc1.[HH]. The van der Waals surface area contributed by atoms with Crippen LogP contribution in [0.4, 0.5) is 4.39 Å². The van der Waals surface area contributed by atoms with E-state index in [4.69, 9.17) is 0 Å². The summed E-state index contributed by atoms with van der Waals surface area (Å²) in [5, 5.41) is 0. The van der Waals surface area contributed by atoms with Crippen LogP contribution in [-0.2, 0) is 0 Å². The van der Waals surface area contributed by atoms with Gasteiger partial charge in [0.05, 0.1) is 0 Å². The zero-order valence-corrected chi connectivity index (χ0v) is 34.7. The molecule has 0 aliphatic heterocycles. The van der Waals surface area contributed by atoms with Crippen LogP contribution in [0, 0.1) is 78.0 Å². The Morgan fingerprint density at radius 1 is 0.420 bits per heavy atom. The molecule has 0 saturated heterocycles. The zero-order valence-electron chi connectivity index (χ0n) is 34.7. The van der Waals surface area contributed by atoms with Gasteiger partial charge in [0.25, 0.3) is 0 Å². The summed E-state index contributed by atoms with van der Waals surface area (Å²) in [7, 11) is 0. The second kappa shape index (κ2) is 25.1. The molecule has 2 unspecified atom stereocenters. The van der Waals surface area contributed by atoms with Crippen molar-refractivity contribution in [2.75, 3.05) is 0 Å². The summed E-state index contributed by atoms with van der Waals surface area (Å²) in [6.45, 7) is 28.1. The van der Waals surface area contributed by atoms with E-state index in [9.17, 15) is 4.39 Å². The Labute approximate surface area is 311 Å². The Bertz CT molecular complexity index is 1300. The van der Waals surface area contributed by atoms with Crippen LogP contribution in [0.3, 0.4) is 0 Å². The highest BCUT2D eigenvalue weighted by molar-refractivity contribution is 5.28. The van der Waals surface area contributed by atoms with Crippen LogP contribution in [0.15, 0.2) is 84.0 Å². The third-order valence-corrected chi connectivity index (χ3v) is 10.3. The molecule has 1 saturated carbocycles. The van der Waals surface area contributed by atoms with Crippen molar-refractivity contribution in [1.29, 1.82) is 0 Å². The van der Waals surface area contributed by atoms with Gasteiger partial charge in [0.15, 0.2) is 0 Å². The summed E-state index contributed by atoms with van der Waals surface area (Å²) >= 11 is 0. The van der Waals surface area contributed by atoms with Crippen molar-refractivity contribution < 1.29 is 5.82 Å². The maximum Gasteiger partial charge on any atom is 0.126 e. The summed E-state index contributed by atoms with van der Waals surface area (Å²) < 4.78 is 12.6. The molecule has 0 spiro atoms. The number of allylic oxidation sites excluding steroid dienone is 4. The van der Waals surface area contributed by atoms with Gasteiger partial charge in [0.1, 0.15) is 5.82 Å². The molecule has 6 rings (SSSR count). The minimum atomic E-state index is -0.116. The zero-order chi connectivity index (χ0) is 37.6. The Hall–Kier alpha value is -2.93. The highest BCUT2D eigenvalue weighted by Gasteiger charge is 2.13. The van der Waals surface area contributed by atoms with Crippen molar-refractivity contribution >= 4 is 0 Å². The minimum Gasteiger partial charge on any atom is -0.207 e. The maximum atomic E-state index is 12.6. The fourth-order valence-electron chi connectivity index (χ4n) is 5.85. The van der Waals surface area contributed by atoms with Gasteiger partial charge in [0, 0.05) is 1.43 Å². The van der Waals surface area contributed by atoms with Gasteiger partial charge >= 0.3 is 0 Å². The Morgan fingerprint density at radius 2 is 0.780 bits per heavy atom. The standard InChI is InChI=1S/C9H12.C8H9F.C8H16.2C8H14.C8H10.H2/c1-7-4-5-8(2)9(3)6-7;1-6-3-4-7(2)8(9)5-6;4*1-7-3-5-8(2)6-4-7;/h4-6H,1-3H3;3-5H,1-2H3;7-8H,3-6H2,1-2H3;2*3,8H,4-6H2,1-2H3;3-6H,1-2H3;1H. The highest BCUT2D eigenvalue weighted by Crippen LogP contribution is 2.27. The first-order valence-corrected chi connectivity index (χ1v) is 19.7. The van der Waals surface area contributed by atoms with E-state index in [-0.39, 0.29) is 7.24 Å². The quantitative estimate of drug-likeness (QED) is 0.207. The molecule has 50 heavy (non-hydrogen) atoms. The molecule has 0 bridgehead atoms. The molecule has 0 aromatic heterocycles. The average Bonchev–Trinajstić information content (AvgIpc) is 3.08. The molecule has 0 amide bonds. The molecule has 3 aromatic carbocycles. The van der Waals surface area contributed by atoms with Crippen LogP contribution in [0.2, 0.25) is 0 Å². The normalized spacial score (nSPS) is 20.8. The van der Waals surface area contributed by atoms with Gasteiger partial charge < -0.3 is 0 Å². The molecule has 0 N–H and O–H groups in total. The minimum absolute atomic E-state index is 0. The van der Waals surface area contributed by atoms with Gasteiger partial charge in [-0.05, 0) is 153 Å². The lowest BCUT2D eigenvalue weighted by atomic mass is 9.84. The molecule has 1 heteroatoms. The summed E-state index contributed by atoms with van der Waals surface area (Å²) in [5.41, 5.74) is 11.6. The third-order valence-electron chi connectivity index (χ3n) is 10.3. The number of benzene rings is 3. The summed E-state index contributed by atoms with van der Waals surface area (Å²) in [4.78, 5) is 0. The molecule has 0 radical (unpaired) electrons. The van der Waals surface area contributed by atoms with E-state index in [1.165, 1.54) is 98.1 Å². The van der Waals surface area contributed by atoms with E-state index < -0.39 is 0 Å². The van der Waals surface area contributed by atoms with E-state index in [2.05, 4.69) is 131 Å². The molecule has 0 heterocycles. The van der Waals surface area contributed by atoms with Gasteiger partial charge in [-0.15, -0.1) is 0 Å². The summed E-state index contributed by atoms with van der Waals surface area (Å²) in [6, 6.07) is 20.2. The Kier molecular flexibility index (Phi) is 22.6. The van der Waals surface area contributed by atoms with Crippen molar-refractivity contribution in [3.63, 3.8) is 0 Å². The topological polar surface area (TPSA) is 0 Å². The second-order valence-corrected chi connectivity index (χ2v) is 16.2. The molecular weight excluding hydrogens is 608 g/mol. The molecule has 3 aliphatic carbocycles. The number of halogens is 1. The summed E-state index contributed by atoms with van der Waals surface area (Å²) in [5.74, 6) is 3.81. The number of hydrogen-bond donors (Lipinski definition) is 0. The van der Waals surface area contributed by atoms with E-state index in [1.807, 2.05) is 13.0 Å². The monoisotopic (exact) mass is 685 g/mol. The van der Waals surface area contributed by atoms with E-state index in [0.29, 0.717) is 5.56 Å². The maximum absolute atomic E-state index is 12.6. The van der Waals surface area contributed by atoms with Crippen LogP contribution in [0.5, 0.6) is 0 Å². The fourth-order valence-corrected chi connectivity index (χ4v) is 5.85. The van der Waals surface area contributed by atoms with Gasteiger partial charge in [-0.3, -0.25) is 0 Å². The molecule has 0 nitrogen and oxygen atoms in total. The lowest BCUT2D eigenvalue weighted by Crippen LogP contribution is -2.08. The van der Waals surface area contributed by atoms with Gasteiger partial charge in [0.2, 0.25) is 0 Å². The lowest BCUT2D eigenvalue weighted by Gasteiger charge is -2.22. The van der Waals surface area contributed by atoms with Crippen LogP contribution in [-0.4, -0.2) is 0 Å². The molecule has 3 aliphatic rings. The highest BCUT2D eigenvalue weighted by atomic mass is 19.1. The second-order valence-electron chi connectivity index (χ2n) is 16.2. The Balaban J connectivity index is 0.000000586. The van der Waals surface area contributed by atoms with Crippen molar-refractivity contribution in [2.45, 2.75) is 154 Å². The summed E-state index contributed by atoms with van der Waals surface area (Å²) in [6.07, 6.45) is 18.7. The van der Waals surface area contributed by atoms with Crippen LogP contribution in [0.25, 0.3) is 0 Å². The van der Waals surface area contributed by atoms with Crippen molar-refractivity contribution in [3.05, 3.63) is 129 Å². The van der Waals surface area contributed by atoms with Gasteiger partial charge in [-0.2, -0.15) is 0 Å². The third kappa shape index (κ3) is 22.0. The van der Waals surface area contributed by atoms with E-state index in [1.54, 1.807) is 24.1 Å². The van der Waals surface area contributed by atoms with Crippen LogP contribution >= 0.6 is 0 Å². The first-order valence-electron chi connectivity index (χ1n) is 19.7. The first kappa shape index (κ1) is 45.1. The molecule has 1 fully saturated rings. The first-order chi connectivity index (χ1) is 23.5. The van der Waals surface area contributed by atoms with Gasteiger partial charge in [-0.25, -0.2) is 4.39 Å². The fraction of sp³-hybridized carbons (Fsp3) is 0.551. The van der Waals surface area contributed by atoms with E-state index >= 15 is 0 Å². The average molecular weight is 685 g/mol. The number of aryl methyl sites for hydroxylation is 7. The largest absolute Gasteiger partial charge is 0.207 e. The smallest absolute Gasteiger partial charge is 0.126 e. The number of rotatable bonds is 0. The van der Waals surface area contributed by atoms with E-state index in [0.717, 1.165) is 29.2 Å². The van der Waals surface area contributed by atoms with Crippen LogP contribution in [0.1, 0.15) is 146 Å². The molecule has 280 valence electrons. The van der Waals surface area contributed by atoms with Crippen molar-refractivity contribution in [3.8, 4) is 0 Å². The predicted molar refractivity (Wildman–Crippen MR) is 225 cm³/mol. The molecular formula is C49H77F. The molecule has 2 atom stereocenters. The lowest BCUT2D eigenvalue weighted by molar-refractivity contribution is 0.308.